The molecular weight excluding hydrogens is 308 g/mol. The Morgan fingerprint density at radius 3 is 2.96 bits per heavy atom. The van der Waals surface area contributed by atoms with Gasteiger partial charge in [0.15, 0.2) is 5.82 Å². The number of thioether (sulfide) groups is 1. The molecule has 1 aromatic carbocycles. The third kappa shape index (κ3) is 4.80. The number of aromatic amines is 1. The van der Waals surface area contributed by atoms with Crippen LogP contribution in [0.5, 0.6) is 0 Å². The van der Waals surface area contributed by atoms with E-state index < -0.39 is 0 Å². The van der Waals surface area contributed by atoms with Crippen LogP contribution in [0.15, 0.2) is 35.5 Å². The monoisotopic (exact) mass is 332 g/mol. The second-order valence-electron chi connectivity index (χ2n) is 6.29. The van der Waals surface area contributed by atoms with E-state index in [4.69, 9.17) is 4.74 Å². The maximum absolute atomic E-state index is 5.87. The third-order valence-electron chi connectivity index (χ3n) is 3.76. The molecule has 0 saturated carbocycles. The predicted octanol–water partition coefficient (Wildman–Crippen LogP) is 2.92. The van der Waals surface area contributed by atoms with Crippen LogP contribution in [0, 0.1) is 5.92 Å². The van der Waals surface area contributed by atoms with Crippen molar-refractivity contribution in [2.75, 3.05) is 32.0 Å². The maximum Gasteiger partial charge on any atom is 0.208 e. The molecule has 0 unspecified atom stereocenters. The molecule has 3 rings (SSSR count). The molecule has 1 aromatic heterocycles. The zero-order valence-corrected chi connectivity index (χ0v) is 14.6. The fourth-order valence-corrected chi connectivity index (χ4v) is 3.57. The van der Waals surface area contributed by atoms with Crippen LogP contribution in [0.4, 0.5) is 0 Å². The summed E-state index contributed by atoms with van der Waals surface area (Å²) < 4.78 is 5.87. The Bertz CT molecular complexity index is 602. The molecule has 1 atom stereocenters. The van der Waals surface area contributed by atoms with Crippen LogP contribution in [0.3, 0.4) is 0 Å². The van der Waals surface area contributed by atoms with E-state index in [0.29, 0.717) is 5.92 Å². The van der Waals surface area contributed by atoms with Gasteiger partial charge in [-0.05, 0) is 5.92 Å². The summed E-state index contributed by atoms with van der Waals surface area (Å²) in [6, 6.07) is 10.1. The molecule has 1 saturated heterocycles. The largest absolute Gasteiger partial charge is 0.375 e. The average Bonchev–Trinajstić information content (AvgIpc) is 3.02. The molecule has 0 aliphatic carbocycles. The first kappa shape index (κ1) is 16.5. The van der Waals surface area contributed by atoms with Crippen LogP contribution in [-0.2, 0) is 4.74 Å². The number of nitrogens with zero attached hydrogens (tertiary/aromatic N) is 3. The number of ether oxygens (including phenoxy) is 1. The number of H-pyrrole nitrogens is 1. The highest BCUT2D eigenvalue weighted by Crippen LogP contribution is 2.21. The fourth-order valence-electron chi connectivity index (χ4n) is 2.77. The van der Waals surface area contributed by atoms with Crippen molar-refractivity contribution in [2.24, 2.45) is 5.92 Å². The average molecular weight is 332 g/mol. The van der Waals surface area contributed by atoms with Gasteiger partial charge in [0, 0.05) is 31.0 Å². The molecule has 0 radical (unpaired) electrons. The lowest BCUT2D eigenvalue weighted by Crippen LogP contribution is -2.44. The van der Waals surface area contributed by atoms with Gasteiger partial charge in [0.1, 0.15) is 0 Å². The van der Waals surface area contributed by atoms with Gasteiger partial charge in [0.2, 0.25) is 5.16 Å². The summed E-state index contributed by atoms with van der Waals surface area (Å²) in [5.41, 5.74) is 1.06. The third-order valence-corrected chi connectivity index (χ3v) is 4.74. The summed E-state index contributed by atoms with van der Waals surface area (Å²) in [6.07, 6.45) is 0.256. The van der Waals surface area contributed by atoms with Gasteiger partial charge in [-0.2, -0.15) is 0 Å². The number of morpholine rings is 1. The molecule has 0 spiro atoms. The van der Waals surface area contributed by atoms with Crippen LogP contribution < -0.4 is 0 Å². The van der Waals surface area contributed by atoms with Crippen LogP contribution in [0.25, 0.3) is 11.4 Å². The summed E-state index contributed by atoms with van der Waals surface area (Å²) in [5, 5.41) is 8.10. The van der Waals surface area contributed by atoms with Gasteiger partial charge in [0.25, 0.3) is 0 Å². The van der Waals surface area contributed by atoms with Crippen LogP contribution in [-0.4, -0.2) is 58.2 Å². The van der Waals surface area contributed by atoms with Crippen molar-refractivity contribution < 1.29 is 4.74 Å². The predicted molar refractivity (Wildman–Crippen MR) is 93.6 cm³/mol. The first-order chi connectivity index (χ1) is 11.2. The summed E-state index contributed by atoms with van der Waals surface area (Å²) >= 11 is 1.66. The number of aromatic nitrogens is 3. The van der Waals surface area contributed by atoms with Gasteiger partial charge in [-0.1, -0.05) is 55.9 Å². The highest BCUT2D eigenvalue weighted by molar-refractivity contribution is 7.99. The van der Waals surface area contributed by atoms with E-state index in [1.807, 2.05) is 30.3 Å². The molecule has 1 fully saturated rings. The quantitative estimate of drug-likeness (QED) is 0.824. The molecule has 23 heavy (non-hydrogen) atoms. The van der Waals surface area contributed by atoms with E-state index in [-0.39, 0.29) is 6.10 Å². The molecule has 2 aromatic rings. The van der Waals surface area contributed by atoms with Crippen LogP contribution in [0.1, 0.15) is 13.8 Å². The normalized spacial score (nSPS) is 19.3. The molecule has 2 heterocycles. The lowest BCUT2D eigenvalue weighted by Gasteiger charge is -2.33. The van der Waals surface area contributed by atoms with Gasteiger partial charge in [-0.3, -0.25) is 10.00 Å². The van der Waals surface area contributed by atoms with Crippen LogP contribution >= 0.6 is 11.8 Å². The Labute approximate surface area is 141 Å². The molecule has 1 aliphatic rings. The van der Waals surface area contributed by atoms with E-state index in [1.165, 1.54) is 0 Å². The maximum atomic E-state index is 5.87. The van der Waals surface area contributed by atoms with Crippen molar-refractivity contribution >= 4 is 11.8 Å². The zero-order valence-electron chi connectivity index (χ0n) is 13.7. The number of benzene rings is 1. The summed E-state index contributed by atoms with van der Waals surface area (Å²) in [4.78, 5) is 7.05. The second-order valence-corrected chi connectivity index (χ2v) is 7.28. The van der Waals surface area contributed by atoms with E-state index >= 15 is 0 Å². The first-order valence-corrected chi connectivity index (χ1v) is 9.14. The van der Waals surface area contributed by atoms with Gasteiger partial charge in [0.05, 0.1) is 12.7 Å². The van der Waals surface area contributed by atoms with Crippen molar-refractivity contribution in [3.05, 3.63) is 30.3 Å². The Morgan fingerprint density at radius 2 is 2.17 bits per heavy atom. The van der Waals surface area contributed by atoms with Gasteiger partial charge < -0.3 is 4.74 Å². The molecular formula is C17H24N4OS. The standard InChI is InChI=1S/C17H24N4OS/c1-13(2)10-21-8-9-22-15(11-21)12-23-17-18-16(19-20-17)14-6-4-3-5-7-14/h3-7,13,15H,8-12H2,1-2H3,(H,18,19,20)/t15-/m0/s1. The minimum Gasteiger partial charge on any atom is -0.375 e. The van der Waals surface area contributed by atoms with E-state index in [0.717, 1.165) is 48.5 Å². The second kappa shape index (κ2) is 7.95. The summed E-state index contributed by atoms with van der Waals surface area (Å²) in [7, 11) is 0. The van der Waals surface area contributed by atoms with Gasteiger partial charge in [-0.25, -0.2) is 4.98 Å². The number of hydrogen-bond donors (Lipinski definition) is 1. The minimum absolute atomic E-state index is 0.256. The minimum atomic E-state index is 0.256. The fraction of sp³-hybridized carbons (Fsp3) is 0.529. The Balaban J connectivity index is 1.51. The highest BCUT2D eigenvalue weighted by Gasteiger charge is 2.21. The Morgan fingerprint density at radius 1 is 1.35 bits per heavy atom. The summed E-state index contributed by atoms with van der Waals surface area (Å²) in [6.45, 7) is 8.53. The van der Waals surface area contributed by atoms with Gasteiger partial charge >= 0.3 is 0 Å². The van der Waals surface area contributed by atoms with Crippen molar-refractivity contribution in [3.8, 4) is 11.4 Å². The molecule has 124 valence electrons. The molecule has 0 bridgehead atoms. The topological polar surface area (TPSA) is 54.0 Å². The highest BCUT2D eigenvalue weighted by atomic mass is 32.2. The van der Waals surface area contributed by atoms with Crippen molar-refractivity contribution in [2.45, 2.75) is 25.1 Å². The number of rotatable bonds is 6. The lowest BCUT2D eigenvalue weighted by molar-refractivity contribution is -0.0191. The summed E-state index contributed by atoms with van der Waals surface area (Å²) in [5.74, 6) is 2.41. The van der Waals surface area contributed by atoms with E-state index in [9.17, 15) is 0 Å². The number of nitrogens with one attached hydrogen (secondary N) is 1. The first-order valence-electron chi connectivity index (χ1n) is 8.15. The molecule has 6 heteroatoms. The van der Waals surface area contributed by atoms with Gasteiger partial charge in [-0.15, -0.1) is 5.10 Å². The van der Waals surface area contributed by atoms with Crippen molar-refractivity contribution in [3.63, 3.8) is 0 Å². The van der Waals surface area contributed by atoms with Crippen LogP contribution in [0.2, 0.25) is 0 Å². The molecule has 1 aliphatic heterocycles. The Kier molecular flexibility index (Phi) is 5.70. The smallest absolute Gasteiger partial charge is 0.208 e. The molecule has 0 amide bonds. The molecule has 5 nitrogen and oxygen atoms in total. The molecule has 1 N–H and O–H groups in total. The van der Waals surface area contributed by atoms with E-state index in [2.05, 4.69) is 33.9 Å². The zero-order chi connectivity index (χ0) is 16.1. The Hall–Kier alpha value is -1.37. The number of hydrogen-bond acceptors (Lipinski definition) is 5. The lowest BCUT2D eigenvalue weighted by atomic mass is 10.2. The SMILES string of the molecule is CC(C)CN1CCO[C@H](CSc2n[nH]c(-c3ccccc3)n2)C1. The van der Waals surface area contributed by atoms with Crippen molar-refractivity contribution in [1.82, 2.24) is 20.1 Å². The van der Waals surface area contributed by atoms with Crippen molar-refractivity contribution in [1.29, 1.82) is 0 Å². The van der Waals surface area contributed by atoms with E-state index in [1.54, 1.807) is 11.8 Å².